The van der Waals surface area contributed by atoms with Gasteiger partial charge in [-0.25, -0.2) is 18.6 Å². The molecule has 0 aliphatic carbocycles. The Balaban J connectivity index is 0.00000616. The molecule has 4 amide bonds. The van der Waals surface area contributed by atoms with Crippen LogP contribution in [-0.2, 0) is 11.3 Å². The highest BCUT2D eigenvalue weighted by atomic mass is 35.5. The molecule has 1 aromatic heterocycles. The molecule has 0 bridgehead atoms. The minimum Gasteiger partial charge on any atom is -0.490 e. The number of nitrogens with two attached hydrogens (primary N) is 2. The topological polar surface area (TPSA) is 172 Å². The Morgan fingerprint density at radius 1 is 1.07 bits per heavy atom. The molecular weight excluding hydrogens is 590 g/mol. The number of nitrogens with one attached hydrogen (secondary N) is 2. The number of ether oxygens (including phenoxy) is 2. The lowest BCUT2D eigenvalue weighted by molar-refractivity contribution is -0.120. The summed E-state index contributed by atoms with van der Waals surface area (Å²) in [5.41, 5.74) is 10.9. The van der Waals surface area contributed by atoms with Crippen molar-refractivity contribution in [3.63, 3.8) is 0 Å². The summed E-state index contributed by atoms with van der Waals surface area (Å²) in [7, 11) is 0. The Morgan fingerprint density at radius 3 is 2.45 bits per heavy atom. The van der Waals surface area contributed by atoms with Gasteiger partial charge in [0.15, 0.2) is 23.0 Å². The van der Waals surface area contributed by atoms with E-state index >= 15 is 0 Å². The average molecular weight is 618 g/mol. The van der Waals surface area contributed by atoms with Crippen molar-refractivity contribution in [1.82, 2.24) is 15.6 Å². The number of alkyl halides is 2. The van der Waals surface area contributed by atoms with E-state index in [-0.39, 0.29) is 72.0 Å². The zero-order valence-electron chi connectivity index (χ0n) is 22.1. The molecule has 1 atom stereocenters. The molecule has 16 heteroatoms. The number of urea groups is 1. The summed E-state index contributed by atoms with van der Waals surface area (Å²) in [6, 6.07) is 5.02. The van der Waals surface area contributed by atoms with E-state index < -0.39 is 42.1 Å². The SMILES string of the molecule is C[C@H](N)c1oc(-c2ccc(OC(F)F)c(OCCCCC(=O)NC(N)=O)c2)nc1C(=O)NCc1ccc(F)cc1F.Cl. The fourth-order valence-electron chi connectivity index (χ4n) is 3.57. The van der Waals surface area contributed by atoms with Crippen LogP contribution in [0.2, 0.25) is 0 Å². The largest absolute Gasteiger partial charge is 0.490 e. The van der Waals surface area contributed by atoms with E-state index in [4.69, 9.17) is 20.6 Å². The van der Waals surface area contributed by atoms with Gasteiger partial charge in [-0.1, -0.05) is 6.07 Å². The minimum atomic E-state index is -3.15. The monoisotopic (exact) mass is 617 g/mol. The number of oxazole rings is 1. The third kappa shape index (κ3) is 9.62. The summed E-state index contributed by atoms with van der Waals surface area (Å²) in [6.45, 7) is -1.88. The normalized spacial score (nSPS) is 11.4. The van der Waals surface area contributed by atoms with Crippen LogP contribution in [0.1, 0.15) is 54.0 Å². The van der Waals surface area contributed by atoms with Crippen molar-refractivity contribution in [1.29, 1.82) is 0 Å². The van der Waals surface area contributed by atoms with E-state index in [0.29, 0.717) is 18.9 Å². The highest BCUT2D eigenvalue weighted by molar-refractivity contribution is 5.94. The van der Waals surface area contributed by atoms with Gasteiger partial charge in [0.05, 0.1) is 12.6 Å². The van der Waals surface area contributed by atoms with Crippen LogP contribution >= 0.6 is 12.4 Å². The molecule has 0 fully saturated rings. The smallest absolute Gasteiger partial charge is 0.387 e. The number of unbranched alkanes of at least 4 members (excludes halogenated alkanes) is 1. The molecule has 0 saturated carbocycles. The van der Waals surface area contributed by atoms with Gasteiger partial charge in [0, 0.05) is 30.2 Å². The van der Waals surface area contributed by atoms with E-state index in [1.54, 1.807) is 6.92 Å². The molecule has 3 aromatic rings. The summed E-state index contributed by atoms with van der Waals surface area (Å²) in [5.74, 6) is -3.39. The molecule has 1 heterocycles. The first-order chi connectivity index (χ1) is 19.4. The molecule has 42 heavy (non-hydrogen) atoms. The van der Waals surface area contributed by atoms with Crippen LogP contribution in [0, 0.1) is 11.6 Å². The number of carbonyl (C=O) groups is 3. The molecule has 11 nitrogen and oxygen atoms in total. The third-order valence-corrected chi connectivity index (χ3v) is 5.46. The van der Waals surface area contributed by atoms with Gasteiger partial charge in [0.25, 0.3) is 5.91 Å². The second kappa shape index (κ2) is 15.6. The number of hydrogen-bond acceptors (Lipinski definition) is 8. The molecule has 3 rings (SSSR count). The van der Waals surface area contributed by atoms with Crippen LogP contribution < -0.4 is 31.6 Å². The highest BCUT2D eigenvalue weighted by Gasteiger charge is 2.24. The number of benzene rings is 2. The van der Waals surface area contributed by atoms with E-state index in [9.17, 15) is 31.9 Å². The van der Waals surface area contributed by atoms with Gasteiger partial charge in [-0.2, -0.15) is 8.78 Å². The number of imide groups is 1. The van der Waals surface area contributed by atoms with E-state index in [0.717, 1.165) is 6.07 Å². The van der Waals surface area contributed by atoms with Crippen LogP contribution in [0.25, 0.3) is 11.5 Å². The summed E-state index contributed by atoms with van der Waals surface area (Å²) in [4.78, 5) is 39.2. The predicted octanol–water partition coefficient (Wildman–Crippen LogP) is 4.34. The number of aromatic nitrogens is 1. The van der Waals surface area contributed by atoms with Gasteiger partial charge in [-0.05, 0) is 44.0 Å². The summed E-state index contributed by atoms with van der Waals surface area (Å²) >= 11 is 0. The summed E-state index contributed by atoms with van der Waals surface area (Å²) in [5, 5.41) is 4.40. The molecular formula is C26H28ClF4N5O6. The second-order valence-electron chi connectivity index (χ2n) is 8.70. The lowest BCUT2D eigenvalue weighted by Gasteiger charge is -2.13. The standard InChI is InChI=1S/C26H27F4N5O6.ClH/c1-13(31)22-21(23(37)33-12-15-5-7-16(27)11-17(15)28)35-24(41-22)14-6-8-18(40-25(29)30)19(10-14)39-9-3-2-4-20(36)34-26(32)38;/h5-8,10-11,13,25H,2-4,9,12,31H2,1H3,(H,33,37)(H3,32,34,36,38);1H/t13-;/m0./s1. The number of nitrogens with zero attached hydrogens (tertiary/aromatic N) is 1. The van der Waals surface area contributed by atoms with Gasteiger partial charge in [-0.3, -0.25) is 14.9 Å². The molecule has 0 aliphatic rings. The predicted molar refractivity (Wildman–Crippen MR) is 143 cm³/mol. The highest BCUT2D eigenvalue weighted by Crippen LogP contribution is 2.35. The first kappa shape index (κ1) is 33.8. The van der Waals surface area contributed by atoms with Crippen LogP contribution in [0.3, 0.4) is 0 Å². The van der Waals surface area contributed by atoms with Gasteiger partial charge < -0.3 is 30.7 Å². The van der Waals surface area contributed by atoms with E-state index in [1.807, 2.05) is 5.32 Å². The van der Waals surface area contributed by atoms with Crippen LogP contribution in [-0.4, -0.2) is 36.0 Å². The van der Waals surface area contributed by atoms with Crippen molar-refractivity contribution in [3.05, 3.63) is 65.1 Å². The van der Waals surface area contributed by atoms with Crippen LogP contribution in [0.5, 0.6) is 11.5 Å². The van der Waals surface area contributed by atoms with Crippen molar-refractivity contribution < 1.29 is 45.8 Å². The Hall–Kier alpha value is -4.37. The fourth-order valence-corrected chi connectivity index (χ4v) is 3.57. The molecule has 0 radical (unpaired) electrons. The molecule has 228 valence electrons. The molecule has 0 unspecified atom stereocenters. The second-order valence-corrected chi connectivity index (χ2v) is 8.70. The average Bonchev–Trinajstić information content (AvgIpc) is 3.34. The number of carbonyl (C=O) groups excluding carboxylic acids is 3. The lowest BCUT2D eigenvalue weighted by atomic mass is 10.2. The van der Waals surface area contributed by atoms with Crippen molar-refractivity contribution in [2.75, 3.05) is 6.61 Å². The maximum Gasteiger partial charge on any atom is 0.387 e. The first-order valence-electron chi connectivity index (χ1n) is 12.2. The number of hydrogen-bond donors (Lipinski definition) is 4. The van der Waals surface area contributed by atoms with Crippen LogP contribution in [0.4, 0.5) is 22.4 Å². The van der Waals surface area contributed by atoms with Crippen molar-refractivity contribution in [2.45, 2.75) is 45.4 Å². The van der Waals surface area contributed by atoms with E-state index in [1.165, 1.54) is 24.3 Å². The Kier molecular flexibility index (Phi) is 12.6. The molecule has 2 aromatic carbocycles. The van der Waals surface area contributed by atoms with Crippen molar-refractivity contribution >= 4 is 30.3 Å². The molecule has 6 N–H and O–H groups in total. The molecule has 0 saturated heterocycles. The number of primary amides is 1. The summed E-state index contributed by atoms with van der Waals surface area (Å²) in [6.07, 6.45) is 0.612. The van der Waals surface area contributed by atoms with Gasteiger partial charge in [0.1, 0.15) is 11.6 Å². The number of halogens is 5. The fraction of sp³-hybridized carbons (Fsp3) is 0.308. The molecule has 0 spiro atoms. The number of rotatable bonds is 13. The summed E-state index contributed by atoms with van der Waals surface area (Å²) < 4.78 is 68.8. The molecule has 0 aliphatic heterocycles. The van der Waals surface area contributed by atoms with Crippen molar-refractivity contribution in [2.24, 2.45) is 11.5 Å². The first-order valence-corrected chi connectivity index (χ1v) is 12.2. The van der Waals surface area contributed by atoms with Gasteiger partial charge in [0.2, 0.25) is 11.8 Å². The van der Waals surface area contributed by atoms with Crippen molar-refractivity contribution in [3.8, 4) is 23.0 Å². The zero-order valence-corrected chi connectivity index (χ0v) is 22.9. The van der Waals surface area contributed by atoms with Gasteiger partial charge >= 0.3 is 12.6 Å². The Morgan fingerprint density at radius 2 is 1.81 bits per heavy atom. The quantitative estimate of drug-likeness (QED) is 0.162. The van der Waals surface area contributed by atoms with Crippen LogP contribution in [0.15, 0.2) is 40.8 Å². The number of amides is 4. The maximum absolute atomic E-state index is 13.9. The maximum atomic E-state index is 13.9. The van der Waals surface area contributed by atoms with Gasteiger partial charge in [-0.15, -0.1) is 12.4 Å². The Bertz CT molecular complexity index is 1410. The zero-order chi connectivity index (χ0) is 30.1. The lowest BCUT2D eigenvalue weighted by Crippen LogP contribution is -2.34. The Labute approximate surface area is 243 Å². The minimum absolute atomic E-state index is 0. The van der Waals surface area contributed by atoms with E-state index in [2.05, 4.69) is 15.0 Å². The third-order valence-electron chi connectivity index (χ3n) is 5.46.